The van der Waals surface area contributed by atoms with Crippen LogP contribution in [0.1, 0.15) is 0 Å². The zero-order valence-corrected chi connectivity index (χ0v) is 14.2. The Kier molecular flexibility index (Phi) is 2.66. The molecule has 0 saturated heterocycles. The second-order valence-corrected chi connectivity index (χ2v) is 20.4. The summed E-state index contributed by atoms with van der Waals surface area (Å²) in [7, 11) is 2.13. The summed E-state index contributed by atoms with van der Waals surface area (Å²) in [5.74, 6) is 0. The third-order valence-corrected chi connectivity index (χ3v) is 9.50. The standard InChI is InChI=1S/C12H9N2.3CH3.Sn/c1-14-11-5-3-2-4-9(11)10-8-13-7-6-12(10)14;;;;/h3-8H,1H3;3*1H3;. The van der Waals surface area contributed by atoms with Crippen LogP contribution >= 0.6 is 0 Å². The topological polar surface area (TPSA) is 17.8 Å². The number of fused-ring (bicyclic) bond motifs is 3. The molecule has 3 heteroatoms. The SMILES string of the molecule is Cn1c2ccncc2c2c[c]([Sn]([CH3])([CH3])[CH3])ccc21. The van der Waals surface area contributed by atoms with Gasteiger partial charge in [-0.3, -0.25) is 0 Å². The maximum absolute atomic E-state index is 4.27. The van der Waals surface area contributed by atoms with E-state index in [0.29, 0.717) is 0 Å². The van der Waals surface area contributed by atoms with Gasteiger partial charge >= 0.3 is 112 Å². The van der Waals surface area contributed by atoms with Crippen LogP contribution in [-0.4, -0.2) is 27.9 Å². The van der Waals surface area contributed by atoms with Crippen LogP contribution in [0.25, 0.3) is 21.8 Å². The molecule has 0 fully saturated rings. The van der Waals surface area contributed by atoms with Gasteiger partial charge in [0.25, 0.3) is 0 Å². The maximum atomic E-state index is 4.27. The van der Waals surface area contributed by atoms with E-state index in [-0.39, 0.29) is 0 Å². The van der Waals surface area contributed by atoms with Gasteiger partial charge in [0, 0.05) is 0 Å². The van der Waals surface area contributed by atoms with Crippen LogP contribution in [0, 0.1) is 0 Å². The summed E-state index contributed by atoms with van der Waals surface area (Å²) in [5, 5.41) is 2.62. The van der Waals surface area contributed by atoms with Gasteiger partial charge in [-0.05, 0) is 0 Å². The van der Waals surface area contributed by atoms with Crippen molar-refractivity contribution in [3.05, 3.63) is 36.7 Å². The van der Waals surface area contributed by atoms with Gasteiger partial charge in [-0.15, -0.1) is 0 Å². The van der Waals surface area contributed by atoms with E-state index in [1.807, 2.05) is 12.4 Å². The third-order valence-electron chi connectivity index (χ3n) is 3.67. The van der Waals surface area contributed by atoms with Gasteiger partial charge in [-0.2, -0.15) is 0 Å². The Balaban J connectivity index is 2.44. The van der Waals surface area contributed by atoms with Crippen LogP contribution in [0.4, 0.5) is 0 Å². The summed E-state index contributed by atoms with van der Waals surface area (Å²) in [6.07, 6.45) is 3.85. The van der Waals surface area contributed by atoms with Crippen LogP contribution in [0.15, 0.2) is 36.7 Å². The molecule has 3 aromatic rings. The predicted molar refractivity (Wildman–Crippen MR) is 81.2 cm³/mol. The molecule has 2 nitrogen and oxygen atoms in total. The first-order chi connectivity index (χ1) is 8.48. The second-order valence-electron chi connectivity index (χ2n) is 5.93. The number of pyridine rings is 1. The average molecular weight is 345 g/mol. The normalized spacial score (nSPS) is 12.4. The Labute approximate surface area is 112 Å². The molecule has 3 rings (SSSR count). The number of hydrogen-bond acceptors (Lipinski definition) is 1. The van der Waals surface area contributed by atoms with Crippen molar-refractivity contribution in [3.63, 3.8) is 0 Å². The Bertz CT molecular complexity index is 735. The molecule has 92 valence electrons. The summed E-state index contributed by atoms with van der Waals surface area (Å²) in [4.78, 5) is 11.6. The van der Waals surface area contributed by atoms with Crippen molar-refractivity contribution >= 4 is 43.8 Å². The van der Waals surface area contributed by atoms with E-state index in [9.17, 15) is 0 Å². The van der Waals surface area contributed by atoms with E-state index in [2.05, 4.69) is 55.7 Å². The van der Waals surface area contributed by atoms with Gasteiger partial charge in [0.1, 0.15) is 0 Å². The molecular formula is C15H18N2Sn. The fourth-order valence-corrected chi connectivity index (χ4v) is 5.84. The van der Waals surface area contributed by atoms with Crippen molar-refractivity contribution in [1.82, 2.24) is 9.55 Å². The predicted octanol–water partition coefficient (Wildman–Crippen LogP) is 3.27. The molecule has 0 unspecified atom stereocenters. The minimum atomic E-state index is -1.99. The van der Waals surface area contributed by atoms with E-state index in [0.717, 1.165) is 0 Å². The summed E-state index contributed by atoms with van der Waals surface area (Å²) >= 11 is -1.99. The molecule has 0 atom stereocenters. The van der Waals surface area contributed by atoms with Gasteiger partial charge in [0.05, 0.1) is 0 Å². The Morgan fingerprint density at radius 3 is 2.44 bits per heavy atom. The van der Waals surface area contributed by atoms with E-state index < -0.39 is 18.4 Å². The number of nitrogens with zero attached hydrogens (tertiary/aromatic N) is 2. The summed E-state index contributed by atoms with van der Waals surface area (Å²) in [6.45, 7) is 0. The molecule has 0 saturated carbocycles. The van der Waals surface area contributed by atoms with Crippen molar-refractivity contribution < 1.29 is 0 Å². The number of hydrogen-bond donors (Lipinski definition) is 0. The van der Waals surface area contributed by atoms with Crippen LogP contribution in [0.3, 0.4) is 0 Å². The summed E-state index contributed by atoms with van der Waals surface area (Å²) in [5.41, 5.74) is 2.57. The Morgan fingerprint density at radius 2 is 1.72 bits per heavy atom. The molecule has 0 aliphatic rings. The fourth-order valence-electron chi connectivity index (χ4n) is 2.53. The zero-order chi connectivity index (χ0) is 12.9. The van der Waals surface area contributed by atoms with Crippen molar-refractivity contribution in [2.45, 2.75) is 14.8 Å². The molecule has 0 amide bonds. The molecule has 0 radical (unpaired) electrons. The van der Waals surface area contributed by atoms with Crippen LogP contribution in [-0.2, 0) is 7.05 Å². The van der Waals surface area contributed by atoms with Crippen molar-refractivity contribution in [1.29, 1.82) is 0 Å². The third kappa shape index (κ3) is 1.74. The van der Waals surface area contributed by atoms with Gasteiger partial charge < -0.3 is 0 Å². The van der Waals surface area contributed by atoms with E-state index >= 15 is 0 Å². The van der Waals surface area contributed by atoms with Crippen molar-refractivity contribution in [2.24, 2.45) is 7.05 Å². The van der Waals surface area contributed by atoms with E-state index in [4.69, 9.17) is 0 Å². The van der Waals surface area contributed by atoms with Crippen LogP contribution < -0.4 is 3.58 Å². The van der Waals surface area contributed by atoms with Gasteiger partial charge in [0.15, 0.2) is 0 Å². The molecule has 0 spiro atoms. The van der Waals surface area contributed by atoms with Crippen molar-refractivity contribution in [3.8, 4) is 0 Å². The zero-order valence-electron chi connectivity index (χ0n) is 11.4. The molecule has 0 bridgehead atoms. The molecular weight excluding hydrogens is 327 g/mol. The molecule has 18 heavy (non-hydrogen) atoms. The number of aromatic nitrogens is 2. The van der Waals surface area contributed by atoms with E-state index in [1.165, 1.54) is 21.8 Å². The number of rotatable bonds is 1. The second kappa shape index (κ2) is 3.98. The molecule has 2 heterocycles. The molecule has 0 N–H and O–H groups in total. The first kappa shape index (κ1) is 12.0. The van der Waals surface area contributed by atoms with Crippen LogP contribution in [0.5, 0.6) is 0 Å². The molecule has 2 aromatic heterocycles. The average Bonchev–Trinajstić information content (AvgIpc) is 2.63. The molecule has 0 aliphatic carbocycles. The minimum absolute atomic E-state index is 1.27. The Hall–Kier alpha value is -1.03. The van der Waals surface area contributed by atoms with Gasteiger partial charge in [-0.1, -0.05) is 0 Å². The van der Waals surface area contributed by atoms with Gasteiger partial charge in [-0.25, -0.2) is 0 Å². The quantitative estimate of drug-likeness (QED) is 0.619. The number of benzene rings is 1. The van der Waals surface area contributed by atoms with Crippen LogP contribution in [0.2, 0.25) is 14.8 Å². The first-order valence-corrected chi connectivity index (χ1v) is 16.3. The monoisotopic (exact) mass is 346 g/mol. The number of aryl methyl sites for hydroxylation is 1. The molecule has 0 aliphatic heterocycles. The van der Waals surface area contributed by atoms with Gasteiger partial charge in [0.2, 0.25) is 0 Å². The summed E-state index contributed by atoms with van der Waals surface area (Å²) < 4.78 is 3.84. The van der Waals surface area contributed by atoms with Crippen molar-refractivity contribution in [2.75, 3.05) is 0 Å². The van der Waals surface area contributed by atoms with E-state index in [1.54, 1.807) is 3.58 Å². The Morgan fingerprint density at radius 1 is 1.00 bits per heavy atom. The molecule has 1 aromatic carbocycles. The fraction of sp³-hybridized carbons (Fsp3) is 0.267. The first-order valence-electron chi connectivity index (χ1n) is 6.31. The summed E-state index contributed by atoms with van der Waals surface area (Å²) in [6, 6.07) is 9.09.